The van der Waals surface area contributed by atoms with Gasteiger partial charge in [0.15, 0.2) is 0 Å². The molecule has 13 heavy (non-hydrogen) atoms. The molecule has 0 unspecified atom stereocenters. The van der Waals surface area contributed by atoms with Gasteiger partial charge >= 0.3 is 91.0 Å². The van der Waals surface area contributed by atoms with Crippen LogP contribution in [-0.4, -0.2) is 0 Å². The normalized spacial score (nSPS) is 13.2. The Labute approximate surface area is 90.6 Å². The number of nitriles is 5. The Bertz CT molecular complexity index is 357. The molecular weight excluding hydrogens is 325 g/mol. The first-order chi connectivity index (χ1) is 5.39. The average molecular weight is 325 g/mol. The van der Waals surface area contributed by atoms with E-state index in [-0.39, 0.29) is 16.8 Å². The third-order valence-electron chi connectivity index (χ3n) is 0.940. The molecule has 1 radical (unpaired) electrons. The van der Waals surface area contributed by atoms with Gasteiger partial charge in [-0.25, -0.2) is 0 Å². The summed E-state index contributed by atoms with van der Waals surface area (Å²) in [6.45, 7) is 0. The predicted octanol–water partition coefficient (Wildman–Crippen LogP) is 0.925. The fraction of sp³-hybridized carbons (Fsp3) is 0. The van der Waals surface area contributed by atoms with Gasteiger partial charge in [0.05, 0.1) is 0 Å². The maximum atomic E-state index is 8.56. The summed E-state index contributed by atoms with van der Waals surface area (Å²) in [5.74, 6) is 0. The molecule has 0 spiro atoms. The number of hydrogen-bond acceptors (Lipinski definition) is 5. The van der Waals surface area contributed by atoms with E-state index in [9.17, 15) is 0 Å². The van der Waals surface area contributed by atoms with Crippen LogP contribution in [0, 0.1) is 51.1 Å². The molecule has 0 rings (SSSR count). The van der Waals surface area contributed by atoms with Crippen LogP contribution in [0.3, 0.4) is 0 Å². The van der Waals surface area contributed by atoms with Gasteiger partial charge in [0, 0.05) is 0 Å². The van der Waals surface area contributed by atoms with E-state index >= 15 is 0 Å². The first-order valence-electron chi connectivity index (χ1n) is 2.14. The predicted molar refractivity (Wildman–Crippen MR) is 37.0 cm³/mol. The summed E-state index contributed by atoms with van der Waals surface area (Å²) >= 11 is 2.44. The van der Waals surface area contributed by atoms with Crippen LogP contribution in [0.25, 0.3) is 0 Å². The fourth-order valence-electron chi connectivity index (χ4n) is 0.177. The van der Waals surface area contributed by atoms with Crippen molar-refractivity contribution in [1.29, 1.82) is 26.3 Å². The van der Waals surface area contributed by atoms with Gasteiger partial charge in [0.25, 0.3) is 0 Å². The fourth-order valence-corrected chi connectivity index (χ4v) is 0.729. The summed E-state index contributed by atoms with van der Waals surface area (Å²) in [4.78, 5) is 6.11. The van der Waals surface area contributed by atoms with Crippen LogP contribution in [0.4, 0.5) is 0 Å². The van der Waals surface area contributed by atoms with E-state index in [0.717, 1.165) is 0 Å². The van der Waals surface area contributed by atoms with Crippen molar-refractivity contribution in [2.45, 2.75) is 0 Å². The molecule has 0 aliphatic rings. The Kier molecular flexibility index (Phi) is 3.37. The molecular formula is C5BrCoFeN5. The first kappa shape index (κ1) is 14.5. The number of rotatable bonds is 0. The van der Waals surface area contributed by atoms with Crippen LogP contribution in [0.2, 0.25) is 0 Å². The Morgan fingerprint density at radius 1 is 0.692 bits per heavy atom. The van der Waals surface area contributed by atoms with Gasteiger partial charge in [-0.3, -0.25) is 0 Å². The molecule has 8 heteroatoms. The number of hydrogen-bond donors (Lipinski definition) is 0. The van der Waals surface area contributed by atoms with Gasteiger partial charge < -0.3 is 0 Å². The standard InChI is InChI=1S/5CN.BrH.Co.Fe/c5*1-2;;;/h;;;;;1H;;/q;;;;;;+2;-1/p-1. The Morgan fingerprint density at radius 3 is 0.846 bits per heavy atom. The number of nitrogens with zero attached hydrogens (tertiary/aromatic N) is 5. The Balaban J connectivity index is 0. The maximum absolute atomic E-state index is 8.56. The molecule has 0 aromatic carbocycles. The monoisotopic (exact) mass is 324 g/mol. The van der Waals surface area contributed by atoms with Crippen molar-refractivity contribution in [2.24, 2.45) is 0 Å². The van der Waals surface area contributed by atoms with Crippen LogP contribution in [0.1, 0.15) is 0 Å². The van der Waals surface area contributed by atoms with Crippen LogP contribution in [-0.2, 0) is 25.7 Å². The van der Waals surface area contributed by atoms with Crippen molar-refractivity contribution in [3.8, 4) is 24.8 Å². The van der Waals surface area contributed by atoms with Crippen LogP contribution in [0.15, 0.2) is 0 Å². The first-order valence-corrected chi connectivity index (χ1v) is 7.63. The molecule has 0 bridgehead atoms. The van der Waals surface area contributed by atoms with Gasteiger partial charge in [-0.15, -0.1) is 0 Å². The van der Waals surface area contributed by atoms with Crippen LogP contribution < -0.4 is 0 Å². The molecule has 69 valence electrons. The Morgan fingerprint density at radius 2 is 0.846 bits per heavy atom. The van der Waals surface area contributed by atoms with E-state index in [1.54, 1.807) is 0 Å². The molecule has 0 aliphatic heterocycles. The molecule has 0 aliphatic carbocycles. The maximum Gasteiger partial charge on any atom is 2.00 e. The van der Waals surface area contributed by atoms with E-state index in [0.29, 0.717) is 0 Å². The minimum atomic E-state index is -5.62. The van der Waals surface area contributed by atoms with Crippen LogP contribution >= 0.6 is 14.1 Å². The second-order valence-corrected chi connectivity index (χ2v) is 12.4. The van der Waals surface area contributed by atoms with E-state index in [4.69, 9.17) is 26.3 Å². The zero-order valence-electron chi connectivity index (χ0n) is 5.80. The summed E-state index contributed by atoms with van der Waals surface area (Å²) in [6, 6.07) is 0. The van der Waals surface area contributed by atoms with Crippen LogP contribution in [0.5, 0.6) is 0 Å². The van der Waals surface area contributed by atoms with E-state index in [1.165, 1.54) is 24.8 Å². The summed E-state index contributed by atoms with van der Waals surface area (Å²) in [5.41, 5.74) is 0. The third-order valence-corrected chi connectivity index (χ3v) is 6.46. The Hall–Kier alpha value is -1.04. The smallest absolute Gasteiger partial charge is 2.00 e. The molecule has 5 nitrogen and oxygen atoms in total. The summed E-state index contributed by atoms with van der Waals surface area (Å²) in [7, 11) is -5.62. The molecule has 0 aromatic heterocycles. The second kappa shape index (κ2) is 3.02. The van der Waals surface area contributed by atoms with E-state index < -0.39 is 8.93 Å². The van der Waals surface area contributed by atoms with Crippen molar-refractivity contribution in [1.82, 2.24) is 0 Å². The van der Waals surface area contributed by atoms with Gasteiger partial charge in [-0.05, 0) is 0 Å². The second-order valence-electron chi connectivity index (χ2n) is 1.61. The van der Waals surface area contributed by atoms with Gasteiger partial charge in [0.2, 0.25) is 0 Å². The minimum absolute atomic E-state index is 0. The summed E-state index contributed by atoms with van der Waals surface area (Å²) < 4.78 is 0. The van der Waals surface area contributed by atoms with Crippen molar-refractivity contribution >= 4 is 14.1 Å². The number of halogens is 1. The van der Waals surface area contributed by atoms with Gasteiger partial charge in [0.1, 0.15) is 0 Å². The molecule has 0 aromatic rings. The minimum Gasteiger partial charge on any atom is 2.00 e. The molecule has 0 atom stereocenters. The zero-order chi connectivity index (χ0) is 9.94. The van der Waals surface area contributed by atoms with Crippen molar-refractivity contribution in [2.75, 3.05) is 0 Å². The van der Waals surface area contributed by atoms with Crippen molar-refractivity contribution < 1.29 is 25.7 Å². The van der Waals surface area contributed by atoms with Gasteiger partial charge in [-0.1, -0.05) is 0 Å². The van der Waals surface area contributed by atoms with E-state index in [2.05, 4.69) is 14.1 Å². The molecule has 0 amide bonds. The molecule has 0 fully saturated rings. The summed E-state index contributed by atoms with van der Waals surface area (Å²) in [6.07, 6.45) is 0. The SMILES string of the molecule is N#[C][Fe-2]([Br])([C]#N)([C]#N)([C]#N)[C]#N.[Co+2]. The zero-order valence-corrected chi connectivity index (χ0v) is 9.53. The molecule has 0 saturated heterocycles. The van der Waals surface area contributed by atoms with Crippen molar-refractivity contribution in [3.63, 3.8) is 0 Å². The average Bonchev–Trinajstić information content (AvgIpc) is 2.19. The van der Waals surface area contributed by atoms with E-state index in [1.807, 2.05) is 0 Å². The summed E-state index contributed by atoms with van der Waals surface area (Å²) in [5, 5.41) is 42.8. The van der Waals surface area contributed by atoms with Crippen molar-refractivity contribution in [3.05, 3.63) is 0 Å². The molecule has 0 N–H and O–H groups in total. The molecule has 0 heterocycles. The quantitative estimate of drug-likeness (QED) is 0.614. The topological polar surface area (TPSA) is 119 Å². The largest absolute Gasteiger partial charge is 2.00 e. The third kappa shape index (κ3) is 1.53. The molecule has 0 saturated carbocycles. The van der Waals surface area contributed by atoms with Gasteiger partial charge in [-0.2, -0.15) is 0 Å².